The van der Waals surface area contributed by atoms with Crippen LogP contribution >= 0.6 is 11.3 Å². The van der Waals surface area contributed by atoms with Crippen molar-refractivity contribution in [2.24, 2.45) is 23.2 Å². The summed E-state index contributed by atoms with van der Waals surface area (Å²) in [6.45, 7) is 6.76. The summed E-state index contributed by atoms with van der Waals surface area (Å²) in [6.07, 6.45) is 4.27. The first-order chi connectivity index (χ1) is 14.7. The summed E-state index contributed by atoms with van der Waals surface area (Å²) in [5.41, 5.74) is 1.60. The van der Waals surface area contributed by atoms with Gasteiger partial charge < -0.3 is 19.9 Å². The number of hydrogen-bond donors (Lipinski definition) is 2. The number of methoxy groups -OCH3 is 1. The molecule has 1 aromatic heterocycles. The molecule has 7 nitrogen and oxygen atoms in total. The van der Waals surface area contributed by atoms with Crippen LogP contribution in [0, 0.1) is 23.2 Å². The number of rotatable bonds is 6. The van der Waals surface area contributed by atoms with Gasteiger partial charge in [-0.1, -0.05) is 27.2 Å². The fraction of sp³-hybridized carbons (Fsp3) is 0.696. The molecule has 5 atom stereocenters. The fourth-order valence-electron chi connectivity index (χ4n) is 5.47. The Morgan fingerprint density at radius 1 is 1.19 bits per heavy atom. The summed E-state index contributed by atoms with van der Waals surface area (Å²) in [6, 6.07) is 0. The Morgan fingerprint density at radius 2 is 1.87 bits per heavy atom. The van der Waals surface area contributed by atoms with Gasteiger partial charge in [-0.15, -0.1) is 11.3 Å². The lowest BCUT2D eigenvalue weighted by Gasteiger charge is -2.36. The smallest absolute Gasteiger partial charge is 0.341 e. The van der Waals surface area contributed by atoms with Crippen molar-refractivity contribution in [2.75, 3.05) is 12.4 Å². The number of ether oxygens (including phenoxy) is 2. The molecular formula is C23H31NO6S. The van der Waals surface area contributed by atoms with Gasteiger partial charge in [0.25, 0.3) is 0 Å². The van der Waals surface area contributed by atoms with Crippen molar-refractivity contribution >= 4 is 34.2 Å². The van der Waals surface area contributed by atoms with E-state index in [4.69, 9.17) is 9.47 Å². The average molecular weight is 450 g/mol. The monoisotopic (exact) mass is 449 g/mol. The second kappa shape index (κ2) is 8.20. The quantitative estimate of drug-likeness (QED) is 0.639. The molecule has 2 bridgehead atoms. The van der Waals surface area contributed by atoms with E-state index in [9.17, 15) is 19.5 Å². The van der Waals surface area contributed by atoms with Gasteiger partial charge in [0.2, 0.25) is 5.91 Å². The number of carbonyl (C=O) groups is 3. The van der Waals surface area contributed by atoms with Gasteiger partial charge in [-0.3, -0.25) is 9.59 Å². The lowest BCUT2D eigenvalue weighted by atomic mass is 9.69. The maximum atomic E-state index is 13.2. The first-order valence-electron chi connectivity index (χ1n) is 11.1. The predicted molar refractivity (Wildman–Crippen MR) is 116 cm³/mol. The van der Waals surface area contributed by atoms with E-state index >= 15 is 0 Å². The van der Waals surface area contributed by atoms with Gasteiger partial charge in [0.1, 0.15) is 5.00 Å². The Morgan fingerprint density at radius 3 is 2.48 bits per heavy atom. The summed E-state index contributed by atoms with van der Waals surface area (Å²) in [5.74, 6) is -2.92. The van der Waals surface area contributed by atoms with Gasteiger partial charge in [-0.05, 0) is 49.0 Å². The molecule has 3 aliphatic rings. The van der Waals surface area contributed by atoms with Crippen LogP contribution in [0.4, 0.5) is 5.00 Å². The van der Waals surface area contributed by atoms with Gasteiger partial charge >= 0.3 is 11.9 Å². The second-order valence-electron chi connectivity index (χ2n) is 9.65. The maximum Gasteiger partial charge on any atom is 0.341 e. The molecule has 4 rings (SSSR count). The zero-order chi connectivity index (χ0) is 22.5. The number of esters is 1. The molecule has 2 saturated heterocycles. The number of fused-ring (bicyclic) bond motifs is 3. The van der Waals surface area contributed by atoms with Crippen molar-refractivity contribution in [3.63, 3.8) is 0 Å². The number of aliphatic carboxylic acids is 1. The molecule has 0 unspecified atom stereocenters. The van der Waals surface area contributed by atoms with Crippen LogP contribution in [-0.4, -0.2) is 42.3 Å². The molecule has 1 amide bonds. The van der Waals surface area contributed by atoms with Crippen LogP contribution in [0.25, 0.3) is 0 Å². The highest BCUT2D eigenvalue weighted by Gasteiger charge is 2.55. The van der Waals surface area contributed by atoms with Crippen LogP contribution < -0.4 is 5.32 Å². The topological polar surface area (TPSA) is 102 Å². The largest absolute Gasteiger partial charge is 0.481 e. The second-order valence-corrected chi connectivity index (χ2v) is 10.8. The van der Waals surface area contributed by atoms with Gasteiger partial charge in [-0.25, -0.2) is 4.79 Å². The van der Waals surface area contributed by atoms with E-state index in [0.29, 0.717) is 29.3 Å². The summed E-state index contributed by atoms with van der Waals surface area (Å²) in [4.78, 5) is 38.7. The fourth-order valence-corrected chi connectivity index (χ4v) is 6.79. The Balaban J connectivity index is 1.62. The van der Waals surface area contributed by atoms with E-state index in [0.717, 1.165) is 36.1 Å². The van der Waals surface area contributed by atoms with Gasteiger partial charge in [0.15, 0.2) is 0 Å². The third-order valence-electron chi connectivity index (χ3n) is 7.77. The van der Waals surface area contributed by atoms with Crippen LogP contribution in [-0.2, 0) is 31.9 Å². The minimum atomic E-state index is -1.00. The number of carboxylic acid groups (broad SMARTS) is 1. The molecule has 2 aliphatic heterocycles. The Bertz CT molecular complexity index is 906. The van der Waals surface area contributed by atoms with Crippen molar-refractivity contribution in [3.05, 3.63) is 16.0 Å². The van der Waals surface area contributed by atoms with Crippen LogP contribution in [0.2, 0.25) is 0 Å². The first-order valence-corrected chi connectivity index (χ1v) is 11.9. The van der Waals surface area contributed by atoms with Crippen molar-refractivity contribution in [1.82, 2.24) is 0 Å². The van der Waals surface area contributed by atoms with Crippen molar-refractivity contribution < 1.29 is 29.0 Å². The van der Waals surface area contributed by atoms with Crippen LogP contribution in [0.15, 0.2) is 0 Å². The number of nitrogens with one attached hydrogen (secondary N) is 1. The minimum absolute atomic E-state index is 0.200. The number of thiophene rings is 1. The summed E-state index contributed by atoms with van der Waals surface area (Å²) in [7, 11) is 1.34. The number of carboxylic acids is 1. The zero-order valence-electron chi connectivity index (χ0n) is 18.5. The first kappa shape index (κ1) is 22.3. The van der Waals surface area contributed by atoms with Gasteiger partial charge in [-0.2, -0.15) is 0 Å². The highest BCUT2D eigenvalue weighted by atomic mass is 32.1. The van der Waals surface area contributed by atoms with Crippen LogP contribution in [0.3, 0.4) is 0 Å². The number of carbonyl (C=O) groups excluding carboxylic acids is 2. The maximum absolute atomic E-state index is 13.2. The summed E-state index contributed by atoms with van der Waals surface area (Å²) >= 11 is 1.43. The summed E-state index contributed by atoms with van der Waals surface area (Å²) < 4.78 is 10.8. The SMILES string of the molecule is CCC(C)(C)[C@H]1CCc2c(sc(NC(=O)[C@@H]3[C@@H](C(=O)O)[C@@H]4CC[C@@H]3O4)c2C(=O)OC)C1. The normalized spacial score (nSPS) is 29.5. The third kappa shape index (κ3) is 3.78. The van der Waals surface area contributed by atoms with E-state index in [1.165, 1.54) is 18.4 Å². The van der Waals surface area contributed by atoms with Crippen molar-refractivity contribution in [2.45, 2.75) is 71.5 Å². The minimum Gasteiger partial charge on any atom is -0.481 e. The molecule has 31 heavy (non-hydrogen) atoms. The zero-order valence-corrected chi connectivity index (χ0v) is 19.3. The van der Waals surface area contributed by atoms with E-state index in [1.807, 2.05) is 0 Å². The Kier molecular flexibility index (Phi) is 5.89. The molecule has 0 saturated carbocycles. The molecule has 170 valence electrons. The average Bonchev–Trinajstić information content (AvgIpc) is 3.44. The van der Waals surface area contributed by atoms with Crippen molar-refractivity contribution in [1.29, 1.82) is 0 Å². The molecule has 0 radical (unpaired) electrons. The third-order valence-corrected chi connectivity index (χ3v) is 8.94. The molecule has 1 aliphatic carbocycles. The molecule has 0 spiro atoms. The number of hydrogen-bond acceptors (Lipinski definition) is 6. The Hall–Kier alpha value is -1.93. The number of amides is 1. The van der Waals surface area contributed by atoms with Crippen LogP contribution in [0.1, 0.15) is 67.3 Å². The molecular weight excluding hydrogens is 418 g/mol. The lowest BCUT2D eigenvalue weighted by molar-refractivity contribution is -0.147. The standard InChI is InChI=1S/C23H31NO6S/c1-5-23(2,3)11-6-7-12-15(10-11)31-20(16(12)22(28)29-4)24-19(25)17-13-8-9-14(30-13)18(17)21(26)27/h11,13-14,17-18H,5-10H2,1-4H3,(H,24,25)(H,26,27)/t11-,13-,14-,17-,18-/m0/s1. The van der Waals surface area contributed by atoms with Gasteiger partial charge in [0, 0.05) is 4.88 Å². The predicted octanol–water partition coefficient (Wildman–Crippen LogP) is 3.89. The van der Waals surface area contributed by atoms with E-state index in [2.05, 4.69) is 26.1 Å². The van der Waals surface area contributed by atoms with Crippen LogP contribution in [0.5, 0.6) is 0 Å². The van der Waals surface area contributed by atoms with E-state index < -0.39 is 29.9 Å². The molecule has 2 fully saturated rings. The van der Waals surface area contributed by atoms with Gasteiger partial charge in [0.05, 0.1) is 36.7 Å². The molecule has 1 aromatic rings. The summed E-state index contributed by atoms with van der Waals surface area (Å²) in [5, 5.41) is 13.0. The molecule has 0 aromatic carbocycles. The lowest BCUT2D eigenvalue weighted by Crippen LogP contribution is -2.41. The number of anilines is 1. The molecule has 2 N–H and O–H groups in total. The van der Waals surface area contributed by atoms with E-state index in [-0.39, 0.29) is 17.4 Å². The van der Waals surface area contributed by atoms with Crippen molar-refractivity contribution in [3.8, 4) is 0 Å². The Labute approximate surface area is 186 Å². The molecule has 3 heterocycles. The molecule has 8 heteroatoms. The highest BCUT2D eigenvalue weighted by Crippen LogP contribution is 2.47. The van der Waals surface area contributed by atoms with E-state index in [1.54, 1.807) is 0 Å². The highest BCUT2D eigenvalue weighted by molar-refractivity contribution is 7.17.